The van der Waals surface area contributed by atoms with Crippen LogP contribution in [0.1, 0.15) is 0 Å². The monoisotopic (exact) mass is 211 g/mol. The van der Waals surface area contributed by atoms with E-state index in [1.807, 2.05) is 0 Å². The van der Waals surface area contributed by atoms with Crippen molar-refractivity contribution in [1.29, 1.82) is 10.8 Å². The molecule has 0 saturated carbocycles. The molecule has 1 rings (SSSR count). The van der Waals surface area contributed by atoms with Crippen LogP contribution in [0.25, 0.3) is 0 Å². The molecule has 9 nitrogen and oxygen atoms in total. The number of nitrogens with zero attached hydrogens (tertiary/aromatic N) is 4. The molecule has 0 bridgehead atoms. The van der Waals surface area contributed by atoms with Gasteiger partial charge < -0.3 is 5.73 Å². The molecule has 2 N–H and O–H groups in total. The van der Waals surface area contributed by atoms with Crippen molar-refractivity contribution in [3.05, 3.63) is 38.4 Å². The average molecular weight is 211 g/mol. The van der Waals surface area contributed by atoms with Crippen LogP contribution in [-0.2, 0) is 0 Å². The van der Waals surface area contributed by atoms with Crippen molar-refractivity contribution in [2.45, 2.75) is 0 Å². The fraction of sp³-hybridized carbons (Fsp3) is 0. The van der Waals surface area contributed by atoms with Gasteiger partial charge in [-0.15, -0.1) is 0 Å². The molecule has 0 spiro atoms. The van der Waals surface area contributed by atoms with Crippen molar-refractivity contribution in [3.8, 4) is 0 Å². The Morgan fingerprint density at radius 2 is 1.67 bits per heavy atom. The summed E-state index contributed by atoms with van der Waals surface area (Å²) in [4.78, 5) is 19.1. The lowest BCUT2D eigenvalue weighted by atomic mass is 10.2. The zero-order valence-corrected chi connectivity index (χ0v) is 7.23. The minimum Gasteiger partial charge on any atom is -0.393 e. The number of benzene rings is 1. The number of nitrogens with two attached hydrogens (primary N) is 1. The van der Waals surface area contributed by atoms with Crippen LogP contribution in [0.2, 0.25) is 0 Å². The lowest BCUT2D eigenvalue weighted by Gasteiger charge is -1.95. The van der Waals surface area contributed by atoms with Gasteiger partial charge in [0.2, 0.25) is 0 Å². The van der Waals surface area contributed by atoms with E-state index in [4.69, 9.17) is 16.5 Å². The maximum absolute atomic E-state index is 10.3. The second kappa shape index (κ2) is 5.07. The highest BCUT2D eigenvalue weighted by Gasteiger charge is 2.16. The fourth-order valence-corrected chi connectivity index (χ4v) is 0.804. The SMILES string of the molecule is N#N.Nc1ccc([N+](=O)[O-])cc1[N+](=O)[O-]. The third-order valence-corrected chi connectivity index (χ3v) is 1.42. The molecule has 0 aliphatic rings. The van der Waals surface area contributed by atoms with Gasteiger partial charge in [0.05, 0.1) is 15.9 Å². The Morgan fingerprint density at radius 3 is 2.07 bits per heavy atom. The second-order valence-electron chi connectivity index (χ2n) is 2.26. The summed E-state index contributed by atoms with van der Waals surface area (Å²) in [6.07, 6.45) is 0. The smallest absolute Gasteiger partial charge is 0.298 e. The van der Waals surface area contributed by atoms with E-state index in [1.165, 1.54) is 0 Å². The normalized spacial score (nSPS) is 8.40. The highest BCUT2D eigenvalue weighted by Crippen LogP contribution is 2.25. The predicted molar refractivity (Wildman–Crippen MR) is 47.6 cm³/mol. The van der Waals surface area contributed by atoms with Crippen LogP contribution in [0.4, 0.5) is 17.1 Å². The topological polar surface area (TPSA) is 160 Å². The van der Waals surface area contributed by atoms with Crippen molar-refractivity contribution in [2.75, 3.05) is 5.73 Å². The van der Waals surface area contributed by atoms with E-state index in [0.717, 1.165) is 18.2 Å². The summed E-state index contributed by atoms with van der Waals surface area (Å²) in [7, 11) is 0. The predicted octanol–water partition coefficient (Wildman–Crippen LogP) is 1.12. The number of non-ortho nitro benzene ring substituents is 1. The van der Waals surface area contributed by atoms with Gasteiger partial charge >= 0.3 is 0 Å². The first-order chi connectivity index (χ1) is 7.02. The summed E-state index contributed by atoms with van der Waals surface area (Å²) in [6, 6.07) is 3.08. The van der Waals surface area contributed by atoms with Crippen LogP contribution in [0.5, 0.6) is 0 Å². The zero-order chi connectivity index (χ0) is 12.0. The van der Waals surface area contributed by atoms with Gasteiger partial charge in [-0.05, 0) is 6.07 Å². The molecule has 0 amide bonds. The molecule has 1 aromatic rings. The standard InChI is InChI=1S/C6H5N3O4.N2/c7-5-2-1-4(8(10)11)3-6(5)9(12)13;1-2/h1-3H,7H2;. The van der Waals surface area contributed by atoms with Crippen LogP contribution >= 0.6 is 0 Å². The molecule has 0 fully saturated rings. The van der Waals surface area contributed by atoms with Gasteiger partial charge in [0.25, 0.3) is 11.4 Å². The summed E-state index contributed by atoms with van der Waals surface area (Å²) in [5, 5.41) is 32.5. The first-order valence-corrected chi connectivity index (χ1v) is 3.40. The maximum Gasteiger partial charge on any atom is 0.298 e. The second-order valence-corrected chi connectivity index (χ2v) is 2.26. The van der Waals surface area contributed by atoms with Crippen LogP contribution in [0.3, 0.4) is 0 Å². The third-order valence-electron chi connectivity index (χ3n) is 1.42. The lowest BCUT2D eigenvalue weighted by Crippen LogP contribution is -1.97. The lowest BCUT2D eigenvalue weighted by molar-refractivity contribution is -0.393. The van der Waals surface area contributed by atoms with Crippen LogP contribution in [0.15, 0.2) is 18.2 Å². The maximum atomic E-state index is 10.3. The molecule has 0 unspecified atom stereocenters. The Kier molecular flexibility index (Phi) is 4.14. The zero-order valence-electron chi connectivity index (χ0n) is 7.23. The minimum atomic E-state index is -0.762. The Hall–Kier alpha value is -2.76. The van der Waals surface area contributed by atoms with Crippen molar-refractivity contribution >= 4 is 17.1 Å². The number of nitro groups is 2. The van der Waals surface area contributed by atoms with E-state index < -0.39 is 15.5 Å². The molecule has 0 atom stereocenters. The van der Waals surface area contributed by atoms with Crippen molar-refractivity contribution in [1.82, 2.24) is 0 Å². The minimum absolute atomic E-state index is 0.0874. The van der Waals surface area contributed by atoms with Gasteiger partial charge in [0.1, 0.15) is 5.69 Å². The number of hydrogen-bond donors (Lipinski definition) is 1. The number of anilines is 1. The molecule has 9 heteroatoms. The van der Waals surface area contributed by atoms with Gasteiger partial charge in [-0.2, -0.15) is 0 Å². The Balaban J connectivity index is 0.000000921. The van der Waals surface area contributed by atoms with E-state index >= 15 is 0 Å². The number of nitrogen functional groups attached to an aromatic ring is 1. The quantitative estimate of drug-likeness (QED) is 0.331. The van der Waals surface area contributed by atoms with Crippen LogP contribution in [0, 0.1) is 31.0 Å². The first kappa shape index (κ1) is 12.2. The highest BCUT2D eigenvalue weighted by molar-refractivity contribution is 5.62. The van der Waals surface area contributed by atoms with Gasteiger partial charge in [-0.3, -0.25) is 20.2 Å². The first-order valence-electron chi connectivity index (χ1n) is 3.40. The molecule has 0 aliphatic carbocycles. The number of nitro benzene ring substituents is 2. The number of rotatable bonds is 2. The Bertz CT molecular complexity index is 415. The van der Waals surface area contributed by atoms with Crippen LogP contribution < -0.4 is 5.73 Å². The summed E-state index contributed by atoms with van der Waals surface area (Å²) in [5.74, 6) is 0. The largest absolute Gasteiger partial charge is 0.393 e. The van der Waals surface area contributed by atoms with E-state index in [2.05, 4.69) is 0 Å². The van der Waals surface area contributed by atoms with E-state index in [1.54, 1.807) is 0 Å². The molecule has 78 valence electrons. The molecule has 1 aromatic carbocycles. The summed E-state index contributed by atoms with van der Waals surface area (Å²) >= 11 is 0. The summed E-state index contributed by atoms with van der Waals surface area (Å²) in [5.41, 5.74) is 4.34. The molecule has 0 radical (unpaired) electrons. The third kappa shape index (κ3) is 2.88. The fourth-order valence-electron chi connectivity index (χ4n) is 0.804. The van der Waals surface area contributed by atoms with Gasteiger partial charge in [0, 0.05) is 16.9 Å². The van der Waals surface area contributed by atoms with Gasteiger partial charge in [-0.1, -0.05) is 0 Å². The van der Waals surface area contributed by atoms with E-state index in [-0.39, 0.29) is 11.4 Å². The molecule has 0 heterocycles. The molecule has 0 saturated heterocycles. The molecule has 0 aliphatic heterocycles. The molecule has 0 aromatic heterocycles. The van der Waals surface area contributed by atoms with E-state index in [0.29, 0.717) is 0 Å². The highest BCUT2D eigenvalue weighted by atomic mass is 16.6. The molecular formula is C6H5N5O4. The molecule has 15 heavy (non-hydrogen) atoms. The summed E-state index contributed by atoms with van der Waals surface area (Å²) in [6.45, 7) is 0. The Labute approximate surface area is 82.8 Å². The van der Waals surface area contributed by atoms with Gasteiger partial charge in [0.15, 0.2) is 0 Å². The van der Waals surface area contributed by atoms with Crippen molar-refractivity contribution < 1.29 is 9.85 Å². The van der Waals surface area contributed by atoms with Crippen LogP contribution in [-0.4, -0.2) is 9.85 Å². The van der Waals surface area contributed by atoms with Crippen molar-refractivity contribution in [3.63, 3.8) is 0 Å². The van der Waals surface area contributed by atoms with Crippen molar-refractivity contribution in [2.24, 2.45) is 0 Å². The van der Waals surface area contributed by atoms with Gasteiger partial charge in [-0.25, -0.2) is 0 Å². The molecular weight excluding hydrogens is 206 g/mol. The summed E-state index contributed by atoms with van der Waals surface area (Å²) < 4.78 is 0. The Morgan fingerprint density at radius 1 is 1.13 bits per heavy atom. The number of hydrogen-bond acceptors (Lipinski definition) is 7. The average Bonchev–Trinajstić information content (AvgIpc) is 2.20. The van der Waals surface area contributed by atoms with E-state index in [9.17, 15) is 20.2 Å².